The minimum absolute atomic E-state index is 0. The molecule has 0 aromatic heterocycles. The number of nitrogens with zero attached hydrogens (tertiary/aromatic N) is 1. The maximum Gasteiger partial charge on any atom is 0.226 e. The molecule has 0 spiro atoms. The Kier molecular flexibility index (Phi) is 5.45. The number of benzene rings is 2. The van der Waals surface area contributed by atoms with E-state index in [1.165, 1.54) is 16.7 Å². The van der Waals surface area contributed by atoms with Gasteiger partial charge in [0.05, 0.1) is 0 Å². The van der Waals surface area contributed by atoms with Gasteiger partial charge in [0.1, 0.15) is 0 Å². The number of hydrogen-bond acceptors (Lipinski definition) is 2. The second-order valence-corrected chi connectivity index (χ2v) is 7.15. The molecule has 2 aromatic carbocycles. The van der Waals surface area contributed by atoms with Gasteiger partial charge in [-0.05, 0) is 36.0 Å². The zero-order valence-electron chi connectivity index (χ0n) is 14.3. The largest absolute Gasteiger partial charge is 0.337 e. The van der Waals surface area contributed by atoms with Crippen LogP contribution in [0.4, 0.5) is 0 Å². The van der Waals surface area contributed by atoms with Gasteiger partial charge in [0.2, 0.25) is 5.91 Å². The Hall–Kier alpha value is -1.84. The number of hydrogen-bond donors (Lipinski definition) is 1. The molecule has 3 nitrogen and oxygen atoms in total. The van der Waals surface area contributed by atoms with Crippen LogP contribution in [-0.4, -0.2) is 23.4 Å². The Morgan fingerprint density at radius 3 is 2.44 bits per heavy atom. The van der Waals surface area contributed by atoms with E-state index in [1.807, 2.05) is 6.07 Å². The van der Waals surface area contributed by atoms with E-state index in [1.54, 1.807) is 0 Å². The molecule has 2 aromatic rings. The van der Waals surface area contributed by atoms with Crippen molar-refractivity contribution in [1.82, 2.24) is 4.90 Å². The molecule has 1 heterocycles. The van der Waals surface area contributed by atoms with E-state index in [4.69, 9.17) is 5.73 Å². The number of carbonyl (C=O) groups excluding carboxylic acids is 1. The average Bonchev–Trinajstić information content (AvgIpc) is 3.07. The topological polar surface area (TPSA) is 46.3 Å². The van der Waals surface area contributed by atoms with Crippen molar-refractivity contribution in [2.24, 2.45) is 11.7 Å². The molecule has 1 amide bonds. The molecule has 0 saturated heterocycles. The van der Waals surface area contributed by atoms with Crippen LogP contribution in [0.1, 0.15) is 41.9 Å². The van der Waals surface area contributed by atoms with Crippen molar-refractivity contribution in [2.45, 2.75) is 37.8 Å². The van der Waals surface area contributed by atoms with Gasteiger partial charge >= 0.3 is 0 Å². The zero-order valence-corrected chi connectivity index (χ0v) is 15.1. The fourth-order valence-electron chi connectivity index (χ4n) is 4.24. The average molecular weight is 357 g/mol. The molecule has 1 fully saturated rings. The van der Waals surface area contributed by atoms with E-state index in [0.717, 1.165) is 32.4 Å². The van der Waals surface area contributed by atoms with E-state index in [9.17, 15) is 4.79 Å². The molecule has 3 atom stereocenters. The highest BCUT2D eigenvalue weighted by Crippen LogP contribution is 2.35. The molecular formula is C21H25ClN2O. The molecule has 132 valence electrons. The van der Waals surface area contributed by atoms with Crippen LogP contribution >= 0.6 is 12.4 Å². The van der Waals surface area contributed by atoms with Gasteiger partial charge in [0.15, 0.2) is 0 Å². The van der Waals surface area contributed by atoms with E-state index >= 15 is 0 Å². The van der Waals surface area contributed by atoms with Gasteiger partial charge in [-0.15, -0.1) is 12.4 Å². The Morgan fingerprint density at radius 1 is 1.00 bits per heavy atom. The molecule has 3 unspecified atom stereocenters. The van der Waals surface area contributed by atoms with E-state index in [0.29, 0.717) is 5.91 Å². The molecule has 1 saturated carbocycles. The number of amides is 1. The Balaban J connectivity index is 0.00000182. The normalized spacial score (nSPS) is 25.2. The van der Waals surface area contributed by atoms with Gasteiger partial charge in [-0.2, -0.15) is 0 Å². The molecule has 2 N–H and O–H groups in total. The summed E-state index contributed by atoms with van der Waals surface area (Å²) in [6.45, 7) is 1.50. The highest BCUT2D eigenvalue weighted by molar-refractivity contribution is 5.85. The smallest absolute Gasteiger partial charge is 0.226 e. The lowest BCUT2D eigenvalue weighted by Gasteiger charge is -2.36. The first-order chi connectivity index (χ1) is 11.7. The standard InChI is InChI=1S/C21H24N2O.ClH/c22-18-11-10-16(12-18)21(24)23-13-17-8-4-5-9-19(17)20(14-23)15-6-2-1-3-7-15;/h1-9,16,18,20H,10-14,22H2;1H. The van der Waals surface area contributed by atoms with Gasteiger partial charge in [0.25, 0.3) is 0 Å². The second-order valence-electron chi connectivity index (χ2n) is 7.15. The van der Waals surface area contributed by atoms with Crippen molar-refractivity contribution in [3.05, 3.63) is 71.3 Å². The van der Waals surface area contributed by atoms with Crippen molar-refractivity contribution in [3.63, 3.8) is 0 Å². The first-order valence-electron chi connectivity index (χ1n) is 8.89. The second kappa shape index (κ2) is 7.59. The minimum atomic E-state index is 0. The maximum absolute atomic E-state index is 13.0. The summed E-state index contributed by atoms with van der Waals surface area (Å²) in [5.74, 6) is 0.662. The third-order valence-electron chi connectivity index (χ3n) is 5.53. The van der Waals surface area contributed by atoms with E-state index in [2.05, 4.69) is 53.4 Å². The van der Waals surface area contributed by atoms with Crippen molar-refractivity contribution < 1.29 is 4.79 Å². The number of rotatable bonds is 2. The van der Waals surface area contributed by atoms with Crippen LogP contribution in [0, 0.1) is 5.92 Å². The molecule has 4 heteroatoms. The lowest BCUT2D eigenvalue weighted by molar-refractivity contribution is -0.136. The zero-order chi connectivity index (χ0) is 16.5. The fourth-order valence-corrected chi connectivity index (χ4v) is 4.24. The van der Waals surface area contributed by atoms with Crippen molar-refractivity contribution >= 4 is 18.3 Å². The van der Waals surface area contributed by atoms with Gasteiger partial charge in [-0.25, -0.2) is 0 Å². The molecule has 0 bridgehead atoms. The van der Waals surface area contributed by atoms with Crippen LogP contribution in [0.5, 0.6) is 0 Å². The molecule has 1 aliphatic carbocycles. The van der Waals surface area contributed by atoms with Gasteiger partial charge < -0.3 is 10.6 Å². The van der Waals surface area contributed by atoms with Crippen LogP contribution in [0.3, 0.4) is 0 Å². The van der Waals surface area contributed by atoms with Crippen molar-refractivity contribution in [3.8, 4) is 0 Å². The molecule has 1 aliphatic heterocycles. The van der Waals surface area contributed by atoms with E-state index in [-0.39, 0.29) is 30.3 Å². The predicted molar refractivity (Wildman–Crippen MR) is 103 cm³/mol. The van der Waals surface area contributed by atoms with Crippen LogP contribution in [0.25, 0.3) is 0 Å². The summed E-state index contributed by atoms with van der Waals surface area (Å²) in [7, 11) is 0. The summed E-state index contributed by atoms with van der Waals surface area (Å²) in [6, 6.07) is 19.3. The first-order valence-corrected chi connectivity index (χ1v) is 8.89. The SMILES string of the molecule is Cl.NC1CCC(C(=O)N2Cc3ccccc3C(c3ccccc3)C2)C1. The first kappa shape index (κ1) is 18.0. The fraction of sp³-hybridized carbons (Fsp3) is 0.381. The third kappa shape index (κ3) is 3.58. The van der Waals surface area contributed by atoms with Crippen LogP contribution in [-0.2, 0) is 11.3 Å². The Bertz CT molecular complexity index is 734. The minimum Gasteiger partial charge on any atom is -0.337 e. The summed E-state index contributed by atoms with van der Waals surface area (Å²) >= 11 is 0. The number of fused-ring (bicyclic) bond motifs is 1. The highest BCUT2D eigenvalue weighted by atomic mass is 35.5. The Morgan fingerprint density at radius 2 is 1.72 bits per heavy atom. The molecule has 2 aliphatic rings. The lowest BCUT2D eigenvalue weighted by Crippen LogP contribution is -2.41. The summed E-state index contributed by atoms with van der Waals surface area (Å²) < 4.78 is 0. The van der Waals surface area contributed by atoms with Gasteiger partial charge in [-0.1, -0.05) is 54.6 Å². The summed E-state index contributed by atoms with van der Waals surface area (Å²) in [6.07, 6.45) is 2.75. The van der Waals surface area contributed by atoms with Crippen LogP contribution < -0.4 is 5.73 Å². The molecular weight excluding hydrogens is 332 g/mol. The molecule has 25 heavy (non-hydrogen) atoms. The third-order valence-corrected chi connectivity index (χ3v) is 5.53. The van der Waals surface area contributed by atoms with E-state index < -0.39 is 0 Å². The quantitative estimate of drug-likeness (QED) is 0.891. The summed E-state index contributed by atoms with van der Waals surface area (Å²) in [5, 5.41) is 0. The number of halogens is 1. The number of carbonyl (C=O) groups is 1. The van der Waals surface area contributed by atoms with Gasteiger partial charge in [0, 0.05) is 31.0 Å². The highest BCUT2D eigenvalue weighted by Gasteiger charge is 2.35. The maximum atomic E-state index is 13.0. The molecule has 4 rings (SSSR count). The number of nitrogens with two attached hydrogens (primary N) is 1. The van der Waals surface area contributed by atoms with Crippen LogP contribution in [0.2, 0.25) is 0 Å². The lowest BCUT2D eigenvalue weighted by atomic mass is 9.84. The Labute approximate surface area is 155 Å². The van der Waals surface area contributed by atoms with Crippen LogP contribution in [0.15, 0.2) is 54.6 Å². The summed E-state index contributed by atoms with van der Waals surface area (Å²) in [4.78, 5) is 15.1. The van der Waals surface area contributed by atoms with Crippen molar-refractivity contribution in [2.75, 3.05) is 6.54 Å². The summed E-state index contributed by atoms with van der Waals surface area (Å²) in [5.41, 5.74) is 9.93. The predicted octanol–water partition coefficient (Wildman–Crippen LogP) is 3.71. The molecule has 0 radical (unpaired) electrons. The van der Waals surface area contributed by atoms with Gasteiger partial charge in [-0.3, -0.25) is 4.79 Å². The van der Waals surface area contributed by atoms with Crippen molar-refractivity contribution in [1.29, 1.82) is 0 Å². The monoisotopic (exact) mass is 356 g/mol.